The number of benzene rings is 1. The van der Waals surface area contributed by atoms with E-state index < -0.39 is 16.8 Å². The molecule has 2 aliphatic carbocycles. The Balaban J connectivity index is 1.67. The summed E-state index contributed by atoms with van der Waals surface area (Å²) in [6.07, 6.45) is 2.92. The Morgan fingerprint density at radius 1 is 1.16 bits per heavy atom. The number of nitrogens with zero attached hydrogens (tertiary/aromatic N) is 1. The topological polar surface area (TPSA) is 51.2 Å². The van der Waals surface area contributed by atoms with Crippen molar-refractivity contribution in [2.24, 2.45) is 0 Å². The third-order valence-electron chi connectivity index (χ3n) is 7.73. The van der Waals surface area contributed by atoms with Crippen LogP contribution in [-0.4, -0.2) is 60.3 Å². The molecule has 25 heavy (non-hydrogen) atoms. The summed E-state index contributed by atoms with van der Waals surface area (Å²) in [5.41, 5.74) is 2.54. The Morgan fingerprint density at radius 2 is 1.96 bits per heavy atom. The second-order valence-electron chi connectivity index (χ2n) is 8.60. The molecule has 3 aliphatic heterocycles. The summed E-state index contributed by atoms with van der Waals surface area (Å²) in [6.45, 7) is 4.29. The van der Waals surface area contributed by atoms with E-state index >= 15 is 0 Å². The minimum Gasteiger partial charge on any atom is -0.483 e. The van der Waals surface area contributed by atoms with Crippen LogP contribution >= 0.6 is 0 Å². The lowest BCUT2D eigenvalue weighted by molar-refractivity contribution is -0.295. The van der Waals surface area contributed by atoms with Gasteiger partial charge in [-0.3, -0.25) is 0 Å². The lowest BCUT2D eigenvalue weighted by atomic mass is 9.48. The van der Waals surface area contributed by atoms with E-state index in [-0.39, 0.29) is 12.1 Å². The highest BCUT2D eigenvalue weighted by molar-refractivity contribution is 5.60. The average Bonchev–Trinajstić information content (AvgIpc) is 3.19. The summed E-state index contributed by atoms with van der Waals surface area (Å²) < 4.78 is 18.9. The number of ether oxygens (including phenoxy) is 3. The fraction of sp³-hybridized carbons (Fsp3) is 0.700. The molecule has 1 aromatic carbocycles. The largest absolute Gasteiger partial charge is 0.483 e. The Bertz CT molecular complexity index is 773. The summed E-state index contributed by atoms with van der Waals surface area (Å²) in [7, 11) is 2.15. The van der Waals surface area contributed by atoms with Crippen LogP contribution < -0.4 is 4.74 Å². The van der Waals surface area contributed by atoms with Crippen LogP contribution in [0.3, 0.4) is 0 Å². The van der Waals surface area contributed by atoms with E-state index in [0.29, 0.717) is 26.1 Å². The van der Waals surface area contributed by atoms with Crippen molar-refractivity contribution in [2.45, 2.75) is 61.6 Å². The van der Waals surface area contributed by atoms with Crippen molar-refractivity contribution in [1.82, 2.24) is 4.90 Å². The van der Waals surface area contributed by atoms with E-state index in [1.54, 1.807) is 0 Å². The molecule has 0 radical (unpaired) electrons. The average molecular weight is 343 g/mol. The van der Waals surface area contributed by atoms with E-state index in [4.69, 9.17) is 14.2 Å². The van der Waals surface area contributed by atoms with E-state index in [1.165, 1.54) is 11.1 Å². The number of hydrogen-bond acceptors (Lipinski definition) is 5. The molecule has 2 bridgehead atoms. The van der Waals surface area contributed by atoms with Gasteiger partial charge in [0, 0.05) is 18.0 Å². The molecule has 134 valence electrons. The zero-order valence-electron chi connectivity index (χ0n) is 14.9. The Morgan fingerprint density at radius 3 is 2.76 bits per heavy atom. The number of aliphatic hydroxyl groups is 1. The summed E-state index contributed by atoms with van der Waals surface area (Å²) in [5, 5.41) is 12.1. The lowest BCUT2D eigenvalue weighted by Crippen LogP contribution is -2.79. The maximum Gasteiger partial charge on any atom is 0.207 e. The highest BCUT2D eigenvalue weighted by atomic mass is 16.8. The van der Waals surface area contributed by atoms with E-state index in [0.717, 1.165) is 30.7 Å². The van der Waals surface area contributed by atoms with Gasteiger partial charge in [0.15, 0.2) is 6.10 Å². The molecule has 0 amide bonds. The Labute approximate surface area is 147 Å². The van der Waals surface area contributed by atoms with Crippen LogP contribution in [-0.2, 0) is 21.3 Å². The van der Waals surface area contributed by atoms with Crippen LogP contribution in [0.4, 0.5) is 0 Å². The molecule has 2 saturated heterocycles. The molecule has 5 nitrogen and oxygen atoms in total. The monoisotopic (exact) mass is 343 g/mol. The van der Waals surface area contributed by atoms with Crippen molar-refractivity contribution in [3.63, 3.8) is 0 Å². The molecule has 2 unspecified atom stereocenters. The molecule has 2 spiro atoms. The van der Waals surface area contributed by atoms with Gasteiger partial charge in [0.05, 0.1) is 24.2 Å². The number of likely N-dealkylation sites (tertiary alicyclic amines) is 1. The molecular formula is C20H25NO4. The van der Waals surface area contributed by atoms with Crippen molar-refractivity contribution in [1.29, 1.82) is 0 Å². The first kappa shape index (κ1) is 15.0. The molecule has 1 N–H and O–H groups in total. The van der Waals surface area contributed by atoms with Gasteiger partial charge in [-0.15, -0.1) is 0 Å². The van der Waals surface area contributed by atoms with Gasteiger partial charge in [0.2, 0.25) is 5.79 Å². The standard InChI is InChI=1S/C20H25NO4/c1-12-3-4-13-11-14-19(22)5-6-20(23-9-10-24-20)17-18(19,7-8-21(14)2)15(13)16(12)25-17/h3-4,14,17,22H,5-11H2,1-2H3/t14-,17?,18+,19?/m1/s1. The van der Waals surface area contributed by atoms with Crippen LogP contribution in [0.15, 0.2) is 12.1 Å². The van der Waals surface area contributed by atoms with Gasteiger partial charge in [0.1, 0.15) is 5.75 Å². The second-order valence-corrected chi connectivity index (χ2v) is 8.60. The van der Waals surface area contributed by atoms with Gasteiger partial charge in [-0.05, 0) is 50.9 Å². The molecule has 6 rings (SSSR count). The zero-order valence-corrected chi connectivity index (χ0v) is 14.9. The third kappa shape index (κ3) is 1.45. The van der Waals surface area contributed by atoms with Crippen LogP contribution in [0.1, 0.15) is 36.0 Å². The van der Waals surface area contributed by atoms with E-state index in [1.807, 2.05) is 0 Å². The Kier molecular flexibility index (Phi) is 2.63. The number of hydrogen-bond donors (Lipinski definition) is 1. The molecule has 5 heteroatoms. The van der Waals surface area contributed by atoms with Crippen molar-refractivity contribution in [2.75, 3.05) is 26.8 Å². The van der Waals surface area contributed by atoms with E-state index in [2.05, 4.69) is 31.0 Å². The predicted molar refractivity (Wildman–Crippen MR) is 90.8 cm³/mol. The first-order valence-corrected chi connectivity index (χ1v) is 9.52. The lowest BCUT2D eigenvalue weighted by Gasteiger charge is -2.64. The molecule has 3 fully saturated rings. The smallest absolute Gasteiger partial charge is 0.207 e. The first-order valence-electron chi connectivity index (χ1n) is 9.52. The SMILES string of the molecule is Cc1ccc2c3c1OC1C4(CCC5(O)[C@@H](C2)N(C)CC[C@]315)OCCO4. The van der Waals surface area contributed by atoms with Crippen molar-refractivity contribution in [3.05, 3.63) is 28.8 Å². The quantitative estimate of drug-likeness (QED) is 0.774. The normalized spacial score (nSPS) is 43.2. The molecule has 1 aromatic rings. The number of fused-ring (bicyclic) bond motifs is 1. The summed E-state index contributed by atoms with van der Waals surface area (Å²) in [6, 6.07) is 4.53. The van der Waals surface area contributed by atoms with Gasteiger partial charge in [-0.1, -0.05) is 12.1 Å². The molecule has 3 heterocycles. The Hall–Kier alpha value is -1.14. The van der Waals surface area contributed by atoms with Crippen molar-refractivity contribution in [3.8, 4) is 5.75 Å². The third-order valence-corrected chi connectivity index (χ3v) is 7.73. The number of likely N-dealkylation sites (N-methyl/N-ethyl adjacent to an activating group) is 1. The van der Waals surface area contributed by atoms with Gasteiger partial charge < -0.3 is 24.2 Å². The minimum absolute atomic E-state index is 0.132. The van der Waals surface area contributed by atoms with Gasteiger partial charge in [-0.2, -0.15) is 0 Å². The van der Waals surface area contributed by atoms with Gasteiger partial charge in [0.25, 0.3) is 0 Å². The fourth-order valence-electron chi connectivity index (χ4n) is 6.62. The molecular weight excluding hydrogens is 318 g/mol. The number of piperidine rings is 1. The van der Waals surface area contributed by atoms with Gasteiger partial charge in [-0.25, -0.2) is 0 Å². The summed E-state index contributed by atoms with van der Waals surface area (Å²) >= 11 is 0. The highest BCUT2D eigenvalue weighted by Crippen LogP contribution is 2.67. The maximum absolute atomic E-state index is 12.1. The summed E-state index contributed by atoms with van der Waals surface area (Å²) in [4.78, 5) is 2.34. The van der Waals surface area contributed by atoms with E-state index in [9.17, 15) is 5.11 Å². The minimum atomic E-state index is -0.780. The number of aryl methyl sites for hydroxylation is 1. The van der Waals surface area contributed by atoms with Crippen LogP contribution in [0, 0.1) is 6.92 Å². The molecule has 1 saturated carbocycles. The second kappa shape index (κ2) is 4.39. The number of rotatable bonds is 0. The predicted octanol–water partition coefficient (Wildman–Crippen LogP) is 1.52. The first-order chi connectivity index (χ1) is 12.0. The summed E-state index contributed by atoms with van der Waals surface area (Å²) in [5.74, 6) is 0.275. The fourth-order valence-corrected chi connectivity index (χ4v) is 6.62. The van der Waals surface area contributed by atoms with Crippen molar-refractivity contribution < 1.29 is 19.3 Å². The molecule has 5 aliphatic rings. The highest BCUT2D eigenvalue weighted by Gasteiger charge is 2.76. The van der Waals surface area contributed by atoms with Crippen LogP contribution in [0.2, 0.25) is 0 Å². The zero-order chi connectivity index (χ0) is 17.0. The maximum atomic E-state index is 12.1. The van der Waals surface area contributed by atoms with Crippen LogP contribution in [0.25, 0.3) is 0 Å². The van der Waals surface area contributed by atoms with Gasteiger partial charge >= 0.3 is 0 Å². The molecule has 0 aromatic heterocycles. The van der Waals surface area contributed by atoms with Crippen LogP contribution in [0.5, 0.6) is 5.75 Å². The molecule has 4 atom stereocenters. The van der Waals surface area contributed by atoms with Crippen molar-refractivity contribution >= 4 is 0 Å².